The zero-order valence-electron chi connectivity index (χ0n) is 10.5. The van der Waals surface area contributed by atoms with Gasteiger partial charge >= 0.3 is 7.82 Å². The number of hydrogen-bond donors (Lipinski definition) is 5. The van der Waals surface area contributed by atoms with Crippen LogP contribution in [0.2, 0.25) is 0 Å². The second kappa shape index (κ2) is 5.90. The van der Waals surface area contributed by atoms with Gasteiger partial charge in [0.15, 0.2) is 11.6 Å². The van der Waals surface area contributed by atoms with Crippen LogP contribution >= 0.6 is 7.82 Å². The van der Waals surface area contributed by atoms with Gasteiger partial charge in [0.2, 0.25) is 0 Å². The molecule has 0 saturated carbocycles. The van der Waals surface area contributed by atoms with Crippen molar-refractivity contribution < 1.29 is 23.6 Å². The van der Waals surface area contributed by atoms with Crippen LogP contribution in [0.4, 0.5) is 17.3 Å². The van der Waals surface area contributed by atoms with Gasteiger partial charge in [-0.1, -0.05) is 0 Å². The second-order valence-electron chi connectivity index (χ2n) is 4.28. The minimum Gasteiger partial charge on any atom is -0.393 e. The molecule has 0 unspecified atom stereocenters. The lowest BCUT2D eigenvalue weighted by molar-refractivity contribution is 0.0219. The first-order chi connectivity index (χ1) is 9.35. The lowest BCUT2D eigenvalue weighted by atomic mass is 10.2. The molecule has 0 bridgehead atoms. The van der Waals surface area contributed by atoms with Gasteiger partial charge in [0.25, 0.3) is 0 Å². The van der Waals surface area contributed by atoms with Crippen LogP contribution in [0.5, 0.6) is 0 Å². The summed E-state index contributed by atoms with van der Waals surface area (Å²) in [7, 11) is -4.48. The molecule has 2 rings (SSSR count). The van der Waals surface area contributed by atoms with Gasteiger partial charge in [-0.3, -0.25) is 4.52 Å². The fourth-order valence-corrected chi connectivity index (χ4v) is 2.15. The molecule has 20 heavy (non-hydrogen) atoms. The monoisotopic (exact) mass is 305 g/mol. The Kier molecular flexibility index (Phi) is 4.41. The highest BCUT2D eigenvalue weighted by Gasteiger charge is 2.28. The number of anilines is 3. The normalized spacial score (nSPS) is 22.9. The molecular weight excluding hydrogens is 289 g/mol. The Morgan fingerprint density at radius 3 is 2.90 bits per heavy atom. The molecule has 0 aliphatic carbocycles. The third-order valence-corrected chi connectivity index (χ3v) is 3.23. The lowest BCUT2D eigenvalue weighted by Gasteiger charge is -2.17. The van der Waals surface area contributed by atoms with Crippen LogP contribution in [0.3, 0.4) is 0 Å². The van der Waals surface area contributed by atoms with E-state index in [2.05, 4.69) is 19.8 Å². The SMILES string of the molecule is Nc1ncnc(N[C@H]2CC[C@@H](COP(=O)(O)O)O2)c1N. The lowest BCUT2D eigenvalue weighted by Crippen LogP contribution is -2.23. The molecule has 7 N–H and O–H groups in total. The number of aromatic nitrogens is 2. The summed E-state index contributed by atoms with van der Waals surface area (Å²) in [6.45, 7) is -0.177. The van der Waals surface area contributed by atoms with Crippen molar-refractivity contribution in [3.8, 4) is 0 Å². The van der Waals surface area contributed by atoms with Gasteiger partial charge in [0.1, 0.15) is 18.2 Å². The molecule has 0 aromatic carbocycles. The number of phosphoric ester groups is 1. The van der Waals surface area contributed by atoms with E-state index in [1.807, 2.05) is 0 Å². The number of nitrogens with two attached hydrogens (primary N) is 2. The first-order valence-electron chi connectivity index (χ1n) is 5.83. The molecule has 0 amide bonds. The summed E-state index contributed by atoms with van der Waals surface area (Å²) in [4.78, 5) is 24.9. The van der Waals surface area contributed by atoms with Crippen LogP contribution in [0.25, 0.3) is 0 Å². The van der Waals surface area contributed by atoms with Crippen molar-refractivity contribution in [2.24, 2.45) is 0 Å². The Labute approximate surface area is 114 Å². The topological polar surface area (TPSA) is 166 Å². The minimum atomic E-state index is -4.48. The predicted molar refractivity (Wildman–Crippen MR) is 70.4 cm³/mol. The number of rotatable bonds is 5. The molecule has 10 nitrogen and oxygen atoms in total. The second-order valence-corrected chi connectivity index (χ2v) is 5.52. The molecule has 1 fully saturated rings. The highest BCUT2D eigenvalue weighted by atomic mass is 31.2. The van der Waals surface area contributed by atoms with Crippen LogP contribution in [0, 0.1) is 0 Å². The standard InChI is InChI=1S/C9H16N5O5P/c10-7-8(11)12-4-13-9(7)14-6-2-1-5(19-6)3-18-20(15,16)17/h4-6H,1-3,10H2,(H2,15,16,17)(H3,11,12,13,14)/t5-,6+/m0/s1. The van der Waals surface area contributed by atoms with E-state index in [9.17, 15) is 4.57 Å². The maximum atomic E-state index is 10.6. The maximum Gasteiger partial charge on any atom is 0.469 e. The molecule has 0 spiro atoms. The number of nitrogen functional groups attached to an aromatic ring is 2. The van der Waals surface area contributed by atoms with E-state index in [0.717, 1.165) is 0 Å². The molecule has 11 heteroatoms. The number of ether oxygens (including phenoxy) is 1. The zero-order valence-corrected chi connectivity index (χ0v) is 11.4. The molecular formula is C9H16N5O5P. The van der Waals surface area contributed by atoms with E-state index in [0.29, 0.717) is 18.7 Å². The largest absolute Gasteiger partial charge is 0.469 e. The van der Waals surface area contributed by atoms with Crippen LogP contribution in [-0.4, -0.2) is 38.7 Å². The Balaban J connectivity index is 1.87. The molecule has 1 saturated heterocycles. The van der Waals surface area contributed by atoms with E-state index < -0.39 is 13.9 Å². The van der Waals surface area contributed by atoms with Gasteiger partial charge < -0.3 is 31.3 Å². The Morgan fingerprint density at radius 1 is 1.45 bits per heavy atom. The van der Waals surface area contributed by atoms with Crippen molar-refractivity contribution >= 4 is 25.1 Å². The quantitative estimate of drug-likeness (QED) is 0.454. The van der Waals surface area contributed by atoms with Crippen molar-refractivity contribution in [3.63, 3.8) is 0 Å². The van der Waals surface area contributed by atoms with Gasteiger partial charge in [-0.2, -0.15) is 0 Å². The summed E-state index contributed by atoms with van der Waals surface area (Å²) < 4.78 is 20.5. The fourth-order valence-electron chi connectivity index (χ4n) is 1.79. The highest BCUT2D eigenvalue weighted by molar-refractivity contribution is 7.46. The first-order valence-corrected chi connectivity index (χ1v) is 7.36. The number of nitrogens with one attached hydrogen (secondary N) is 1. The zero-order chi connectivity index (χ0) is 14.8. The molecule has 2 heterocycles. The predicted octanol–water partition coefficient (Wildman–Crippen LogP) is -0.333. The minimum absolute atomic E-state index is 0.168. The molecule has 1 aliphatic rings. The average Bonchev–Trinajstić information content (AvgIpc) is 2.80. The van der Waals surface area contributed by atoms with Crippen molar-refractivity contribution in [2.45, 2.75) is 25.2 Å². The summed E-state index contributed by atoms with van der Waals surface area (Å²) in [5, 5.41) is 2.95. The number of hydrogen-bond acceptors (Lipinski definition) is 8. The number of nitrogens with zero attached hydrogens (tertiary/aromatic N) is 2. The van der Waals surface area contributed by atoms with Gasteiger partial charge in [0.05, 0.1) is 12.7 Å². The van der Waals surface area contributed by atoms with Crippen LogP contribution in [-0.2, 0) is 13.8 Å². The van der Waals surface area contributed by atoms with Gasteiger partial charge in [-0.25, -0.2) is 14.5 Å². The van der Waals surface area contributed by atoms with Crippen molar-refractivity contribution in [3.05, 3.63) is 6.33 Å². The van der Waals surface area contributed by atoms with E-state index in [1.54, 1.807) is 0 Å². The summed E-state index contributed by atoms with van der Waals surface area (Å²) >= 11 is 0. The first kappa shape index (κ1) is 14.9. The van der Waals surface area contributed by atoms with Gasteiger partial charge in [-0.15, -0.1) is 0 Å². The third-order valence-electron chi connectivity index (χ3n) is 2.75. The van der Waals surface area contributed by atoms with Crippen LogP contribution < -0.4 is 16.8 Å². The van der Waals surface area contributed by atoms with E-state index in [-0.39, 0.29) is 24.3 Å². The summed E-state index contributed by atoms with van der Waals surface area (Å²) in [6.07, 6.45) is 1.71. The molecule has 112 valence electrons. The van der Waals surface area contributed by atoms with Crippen molar-refractivity contribution in [1.29, 1.82) is 0 Å². The Hall–Kier alpha value is -1.45. The summed E-state index contributed by atoms with van der Waals surface area (Å²) in [6, 6.07) is 0. The number of phosphoric acid groups is 1. The van der Waals surface area contributed by atoms with Gasteiger partial charge in [0, 0.05) is 0 Å². The van der Waals surface area contributed by atoms with Crippen LogP contribution in [0.15, 0.2) is 6.33 Å². The molecule has 0 radical (unpaired) electrons. The Morgan fingerprint density at radius 2 is 2.20 bits per heavy atom. The van der Waals surface area contributed by atoms with Crippen LogP contribution in [0.1, 0.15) is 12.8 Å². The molecule has 1 aromatic rings. The van der Waals surface area contributed by atoms with Crippen molar-refractivity contribution in [1.82, 2.24) is 9.97 Å². The third kappa shape index (κ3) is 4.02. The molecule has 2 atom stereocenters. The fraction of sp³-hybridized carbons (Fsp3) is 0.556. The van der Waals surface area contributed by atoms with E-state index in [4.69, 9.17) is 26.0 Å². The summed E-state index contributed by atoms with van der Waals surface area (Å²) in [5.74, 6) is 0.529. The Bertz CT molecular complexity index is 523. The smallest absolute Gasteiger partial charge is 0.393 e. The summed E-state index contributed by atoms with van der Waals surface area (Å²) in [5.41, 5.74) is 11.5. The van der Waals surface area contributed by atoms with E-state index in [1.165, 1.54) is 6.33 Å². The van der Waals surface area contributed by atoms with Gasteiger partial charge in [-0.05, 0) is 12.8 Å². The maximum absolute atomic E-state index is 10.6. The highest BCUT2D eigenvalue weighted by Crippen LogP contribution is 2.37. The van der Waals surface area contributed by atoms with E-state index >= 15 is 0 Å². The molecule has 1 aliphatic heterocycles. The van der Waals surface area contributed by atoms with Crippen molar-refractivity contribution in [2.75, 3.05) is 23.4 Å². The average molecular weight is 305 g/mol. The molecule has 1 aromatic heterocycles.